The Morgan fingerprint density at radius 3 is 2.39 bits per heavy atom. The number of aliphatic hydroxyl groups is 1. The number of hydrogen-bond acceptors (Lipinski definition) is 2. The highest BCUT2D eigenvalue weighted by Crippen LogP contribution is 2.27. The lowest BCUT2D eigenvalue weighted by molar-refractivity contribution is -0.0875. The van der Waals surface area contributed by atoms with E-state index in [1.54, 1.807) is 18.2 Å². The molecule has 0 radical (unpaired) electrons. The van der Waals surface area contributed by atoms with E-state index in [-0.39, 0.29) is 23.8 Å². The summed E-state index contributed by atoms with van der Waals surface area (Å²) in [7, 11) is 0. The summed E-state index contributed by atoms with van der Waals surface area (Å²) in [5.74, 6) is -0.277. The monoisotopic (exact) mass is 254 g/mol. The molecule has 0 fully saturated rings. The summed E-state index contributed by atoms with van der Waals surface area (Å²) in [5, 5.41) is 10.3. The second kappa shape index (κ2) is 6.30. The fourth-order valence-electron chi connectivity index (χ4n) is 2.11. The summed E-state index contributed by atoms with van der Waals surface area (Å²) in [6.07, 6.45) is -0.738. The zero-order valence-electron chi connectivity index (χ0n) is 11.6. The quantitative estimate of drug-likeness (QED) is 0.874. The summed E-state index contributed by atoms with van der Waals surface area (Å²) < 4.78 is 19.2. The van der Waals surface area contributed by atoms with Gasteiger partial charge in [-0.05, 0) is 24.0 Å². The highest BCUT2D eigenvalue weighted by atomic mass is 19.1. The van der Waals surface area contributed by atoms with Gasteiger partial charge in [0.15, 0.2) is 0 Å². The Morgan fingerprint density at radius 2 is 1.89 bits per heavy atom. The van der Waals surface area contributed by atoms with Gasteiger partial charge in [0.25, 0.3) is 0 Å². The average molecular weight is 254 g/mol. The minimum absolute atomic E-state index is 0.180. The lowest BCUT2D eigenvalue weighted by Gasteiger charge is -2.34. The van der Waals surface area contributed by atoms with Crippen molar-refractivity contribution in [1.82, 2.24) is 0 Å². The molecule has 0 aromatic heterocycles. The van der Waals surface area contributed by atoms with Crippen LogP contribution in [0.15, 0.2) is 24.3 Å². The van der Waals surface area contributed by atoms with E-state index in [2.05, 4.69) is 0 Å². The van der Waals surface area contributed by atoms with E-state index >= 15 is 0 Å². The van der Waals surface area contributed by atoms with E-state index in [0.29, 0.717) is 12.2 Å². The summed E-state index contributed by atoms with van der Waals surface area (Å²) in [6.45, 7) is 8.47. The highest BCUT2D eigenvalue weighted by molar-refractivity contribution is 5.18. The third-order valence-corrected chi connectivity index (χ3v) is 2.94. The molecule has 0 amide bonds. The van der Waals surface area contributed by atoms with Crippen LogP contribution in [-0.2, 0) is 11.2 Å². The van der Waals surface area contributed by atoms with Gasteiger partial charge in [0.1, 0.15) is 5.82 Å². The maximum absolute atomic E-state index is 13.5. The van der Waals surface area contributed by atoms with E-state index < -0.39 is 6.10 Å². The van der Waals surface area contributed by atoms with Crippen LogP contribution in [0.25, 0.3) is 0 Å². The smallest absolute Gasteiger partial charge is 0.126 e. The molecule has 1 aromatic rings. The number of hydrogen-bond donors (Lipinski definition) is 1. The third-order valence-electron chi connectivity index (χ3n) is 2.94. The number of halogens is 1. The summed E-state index contributed by atoms with van der Waals surface area (Å²) in [5.41, 5.74) is 0.347. The normalized spacial score (nSPS) is 15.4. The molecular weight excluding hydrogens is 231 g/mol. The Kier molecular flexibility index (Phi) is 5.29. The number of ether oxygens (including phenoxy) is 1. The van der Waals surface area contributed by atoms with Gasteiger partial charge >= 0.3 is 0 Å². The van der Waals surface area contributed by atoms with Gasteiger partial charge in [-0.25, -0.2) is 4.39 Å². The van der Waals surface area contributed by atoms with Gasteiger partial charge in [0.05, 0.1) is 12.2 Å². The molecular formula is C15H23FO2. The van der Waals surface area contributed by atoms with Crippen molar-refractivity contribution in [3.05, 3.63) is 35.6 Å². The highest BCUT2D eigenvalue weighted by Gasteiger charge is 2.32. The van der Waals surface area contributed by atoms with Gasteiger partial charge < -0.3 is 9.84 Å². The predicted octanol–water partition coefficient (Wildman–Crippen LogP) is 3.18. The van der Waals surface area contributed by atoms with Crippen molar-refractivity contribution < 1.29 is 14.2 Å². The minimum atomic E-state index is -0.707. The van der Waals surface area contributed by atoms with Crippen molar-refractivity contribution in [2.45, 2.75) is 46.3 Å². The van der Waals surface area contributed by atoms with Crippen molar-refractivity contribution in [2.24, 2.45) is 5.41 Å². The van der Waals surface area contributed by atoms with Crippen molar-refractivity contribution in [1.29, 1.82) is 0 Å². The topological polar surface area (TPSA) is 29.5 Å². The van der Waals surface area contributed by atoms with Gasteiger partial charge in [0, 0.05) is 13.0 Å². The molecule has 1 rings (SSSR count). The lowest BCUT2D eigenvalue weighted by Crippen LogP contribution is -2.41. The van der Waals surface area contributed by atoms with E-state index in [0.717, 1.165) is 0 Å². The molecule has 0 aliphatic heterocycles. The first-order chi connectivity index (χ1) is 8.36. The molecule has 2 nitrogen and oxygen atoms in total. The Bertz CT molecular complexity index is 371. The molecule has 3 heteroatoms. The molecule has 1 aromatic carbocycles. The van der Waals surface area contributed by atoms with Crippen molar-refractivity contribution in [2.75, 3.05) is 6.61 Å². The minimum Gasteiger partial charge on any atom is -0.390 e. The van der Waals surface area contributed by atoms with Crippen LogP contribution in [0.3, 0.4) is 0 Å². The van der Waals surface area contributed by atoms with E-state index in [1.807, 2.05) is 27.7 Å². The molecule has 0 bridgehead atoms. The summed E-state index contributed by atoms with van der Waals surface area (Å²) >= 11 is 0. The first kappa shape index (κ1) is 15.1. The van der Waals surface area contributed by atoms with E-state index in [9.17, 15) is 9.50 Å². The molecule has 102 valence electrons. The third kappa shape index (κ3) is 4.07. The van der Waals surface area contributed by atoms with E-state index in [1.165, 1.54) is 6.07 Å². The first-order valence-electron chi connectivity index (χ1n) is 6.39. The SMILES string of the molecule is CCOC(C(O)Cc1ccccc1F)C(C)(C)C. The standard InChI is InChI=1S/C15H23FO2/c1-5-18-14(15(2,3)4)13(17)10-11-8-6-7-9-12(11)16/h6-9,13-14,17H,5,10H2,1-4H3. The number of rotatable bonds is 5. The van der Waals surface area contributed by atoms with Gasteiger partial charge in [-0.3, -0.25) is 0 Å². The molecule has 0 spiro atoms. The average Bonchev–Trinajstić information content (AvgIpc) is 2.27. The van der Waals surface area contributed by atoms with Gasteiger partial charge in [0.2, 0.25) is 0 Å². The molecule has 2 unspecified atom stereocenters. The van der Waals surface area contributed by atoms with E-state index in [4.69, 9.17) is 4.74 Å². The zero-order valence-corrected chi connectivity index (χ0v) is 11.6. The van der Waals surface area contributed by atoms with Crippen LogP contribution in [0.4, 0.5) is 4.39 Å². The first-order valence-corrected chi connectivity index (χ1v) is 6.39. The maximum atomic E-state index is 13.5. The van der Waals surface area contributed by atoms with Crippen LogP contribution in [0.1, 0.15) is 33.3 Å². The Morgan fingerprint density at radius 1 is 1.28 bits per heavy atom. The van der Waals surface area contributed by atoms with Crippen molar-refractivity contribution in [3.63, 3.8) is 0 Å². The molecule has 2 atom stereocenters. The van der Waals surface area contributed by atoms with Gasteiger partial charge in [-0.15, -0.1) is 0 Å². The molecule has 0 heterocycles. The van der Waals surface area contributed by atoms with Crippen molar-refractivity contribution >= 4 is 0 Å². The van der Waals surface area contributed by atoms with Crippen LogP contribution in [0, 0.1) is 11.2 Å². The fraction of sp³-hybridized carbons (Fsp3) is 0.600. The second-order valence-electron chi connectivity index (χ2n) is 5.60. The van der Waals surface area contributed by atoms with Gasteiger partial charge in [-0.2, -0.15) is 0 Å². The van der Waals surface area contributed by atoms with Crippen LogP contribution in [-0.4, -0.2) is 23.9 Å². The van der Waals surface area contributed by atoms with Crippen molar-refractivity contribution in [3.8, 4) is 0 Å². The fourth-order valence-corrected chi connectivity index (χ4v) is 2.11. The zero-order chi connectivity index (χ0) is 13.8. The molecule has 0 saturated heterocycles. The molecule has 1 N–H and O–H groups in total. The largest absolute Gasteiger partial charge is 0.390 e. The van der Waals surface area contributed by atoms with Crippen LogP contribution >= 0.6 is 0 Å². The molecule has 0 saturated carbocycles. The summed E-state index contributed by atoms with van der Waals surface area (Å²) in [6, 6.07) is 6.53. The second-order valence-corrected chi connectivity index (χ2v) is 5.60. The number of aliphatic hydroxyl groups excluding tert-OH is 1. The molecule has 0 aliphatic rings. The Labute approximate surface area is 109 Å². The van der Waals surface area contributed by atoms with Gasteiger partial charge in [-0.1, -0.05) is 39.0 Å². The van der Waals surface area contributed by atoms with Crippen LogP contribution < -0.4 is 0 Å². The number of benzene rings is 1. The Balaban J connectivity index is 2.79. The molecule has 18 heavy (non-hydrogen) atoms. The van der Waals surface area contributed by atoms with Crippen LogP contribution in [0.2, 0.25) is 0 Å². The summed E-state index contributed by atoms with van der Waals surface area (Å²) in [4.78, 5) is 0. The van der Waals surface area contributed by atoms with Crippen LogP contribution in [0.5, 0.6) is 0 Å². The molecule has 0 aliphatic carbocycles. The lowest BCUT2D eigenvalue weighted by atomic mass is 9.83. The predicted molar refractivity (Wildman–Crippen MR) is 71.0 cm³/mol. The Hall–Kier alpha value is -0.930. The maximum Gasteiger partial charge on any atom is 0.126 e.